The molecular formula is C32H31Br2N2O2Si+. The molecule has 0 bridgehead atoms. The van der Waals surface area contributed by atoms with Crippen LogP contribution in [-0.4, -0.2) is 52.5 Å². The fraction of sp³-hybridized carbons (Fsp3) is 0.188. The Balaban J connectivity index is 1.60. The number of carbonyl (C=O) groups is 1. The Morgan fingerprint density at radius 1 is 0.923 bits per heavy atom. The number of nitrogens with zero attached hydrogens (tertiary/aromatic N) is 2. The number of ether oxygens (including phenoxy) is 1. The van der Waals surface area contributed by atoms with E-state index in [1.807, 2.05) is 36.4 Å². The predicted octanol–water partition coefficient (Wildman–Crippen LogP) is 6.98. The van der Waals surface area contributed by atoms with Gasteiger partial charge in [-0.05, 0) is 97.1 Å². The molecule has 0 fully saturated rings. The van der Waals surface area contributed by atoms with Gasteiger partial charge in [-0.1, -0.05) is 47.2 Å². The molecular weight excluding hydrogens is 632 g/mol. The smallest absolute Gasteiger partial charge is 0.343 e. The molecule has 4 nitrogen and oxygen atoms in total. The zero-order valence-corrected chi connectivity index (χ0v) is 27.1. The summed E-state index contributed by atoms with van der Waals surface area (Å²) in [5.74, 6) is 0.0937. The van der Waals surface area contributed by atoms with Crippen LogP contribution in [0.3, 0.4) is 0 Å². The van der Waals surface area contributed by atoms with E-state index in [4.69, 9.17) is 4.74 Å². The van der Waals surface area contributed by atoms with Crippen molar-refractivity contribution in [1.82, 2.24) is 0 Å². The average molecular weight is 664 g/mol. The van der Waals surface area contributed by atoms with Gasteiger partial charge in [0, 0.05) is 36.4 Å². The summed E-state index contributed by atoms with van der Waals surface area (Å²) in [5, 5.41) is 2.85. The molecule has 198 valence electrons. The summed E-state index contributed by atoms with van der Waals surface area (Å²) >= 11 is 6.90. The highest BCUT2D eigenvalue weighted by Gasteiger charge is 2.40. The Morgan fingerprint density at radius 3 is 2.28 bits per heavy atom. The minimum Gasteiger partial charge on any atom is -0.422 e. The van der Waals surface area contributed by atoms with E-state index in [1.165, 1.54) is 38.5 Å². The summed E-state index contributed by atoms with van der Waals surface area (Å²) in [5.41, 5.74) is 7.76. The summed E-state index contributed by atoms with van der Waals surface area (Å²) in [6.45, 7) is 4.89. The zero-order chi connectivity index (χ0) is 28.1. The Kier molecular flexibility index (Phi) is 7.44. The lowest BCUT2D eigenvalue weighted by Crippen LogP contribution is -2.49. The van der Waals surface area contributed by atoms with Gasteiger partial charge in [-0.2, -0.15) is 0 Å². The summed E-state index contributed by atoms with van der Waals surface area (Å²) in [6.07, 6.45) is 6.84. The molecule has 7 heteroatoms. The summed E-state index contributed by atoms with van der Waals surface area (Å²) in [7, 11) is 6.36. The molecule has 0 spiro atoms. The highest BCUT2D eigenvalue weighted by molar-refractivity contribution is 9.11. The first-order valence-corrected chi connectivity index (χ1v) is 17.3. The van der Waals surface area contributed by atoms with Crippen molar-refractivity contribution in [2.75, 3.05) is 33.1 Å². The van der Waals surface area contributed by atoms with Gasteiger partial charge >= 0.3 is 5.97 Å². The van der Waals surface area contributed by atoms with Gasteiger partial charge in [0.1, 0.15) is 27.9 Å². The highest BCUT2D eigenvalue weighted by Crippen LogP contribution is 2.42. The van der Waals surface area contributed by atoms with E-state index >= 15 is 0 Å². The third kappa shape index (κ3) is 5.15. The third-order valence-corrected chi connectivity index (χ3v) is 12.1. The van der Waals surface area contributed by atoms with E-state index in [0.717, 1.165) is 10.0 Å². The Morgan fingerprint density at radius 2 is 1.64 bits per heavy atom. The molecule has 0 saturated heterocycles. The van der Waals surface area contributed by atoms with Crippen LogP contribution in [0.5, 0.6) is 5.75 Å². The second kappa shape index (κ2) is 10.5. The van der Waals surface area contributed by atoms with Crippen LogP contribution in [0, 0.1) is 0 Å². The molecule has 5 rings (SSSR count). The van der Waals surface area contributed by atoms with Crippen LogP contribution < -0.4 is 14.8 Å². The van der Waals surface area contributed by atoms with Crippen molar-refractivity contribution in [2.45, 2.75) is 13.1 Å². The number of fused-ring (bicyclic) bond motifs is 2. The molecule has 0 radical (unpaired) electrons. The number of halogens is 2. The van der Waals surface area contributed by atoms with E-state index in [0.29, 0.717) is 15.8 Å². The Labute approximate surface area is 248 Å². The maximum atomic E-state index is 13.0. The SMILES string of the molecule is CN(C)c1ccc2c(c1)[Si](C)(C)C1=CC(=[N+](C)C)C=CC1=C2c1ccc(C(=O)Oc2ccc(Br)cc2Br)cc1. The monoisotopic (exact) mass is 661 g/mol. The molecule has 0 unspecified atom stereocenters. The lowest BCUT2D eigenvalue weighted by atomic mass is 9.89. The van der Waals surface area contributed by atoms with Crippen molar-refractivity contribution in [1.29, 1.82) is 0 Å². The number of esters is 1. The molecule has 39 heavy (non-hydrogen) atoms. The van der Waals surface area contributed by atoms with Crippen LogP contribution in [0.15, 0.2) is 98.6 Å². The average Bonchev–Trinajstić information content (AvgIpc) is 2.90. The molecule has 1 aliphatic heterocycles. The van der Waals surface area contributed by atoms with Gasteiger partial charge in [-0.15, -0.1) is 0 Å². The largest absolute Gasteiger partial charge is 0.422 e. The fourth-order valence-corrected chi connectivity index (χ4v) is 9.38. The van der Waals surface area contributed by atoms with E-state index in [9.17, 15) is 4.79 Å². The first-order chi connectivity index (χ1) is 18.5. The molecule has 1 heterocycles. The van der Waals surface area contributed by atoms with Crippen molar-refractivity contribution >= 4 is 68.1 Å². The maximum absolute atomic E-state index is 13.0. The summed E-state index contributed by atoms with van der Waals surface area (Å²) in [4.78, 5) is 15.1. The van der Waals surface area contributed by atoms with Gasteiger partial charge in [0.05, 0.1) is 10.0 Å². The lowest BCUT2D eigenvalue weighted by molar-refractivity contribution is -0.462. The Bertz CT molecular complexity index is 1630. The first kappa shape index (κ1) is 27.6. The van der Waals surface area contributed by atoms with Crippen molar-refractivity contribution in [2.24, 2.45) is 0 Å². The molecule has 0 saturated carbocycles. The second-order valence-electron chi connectivity index (χ2n) is 10.8. The Hall–Kier alpha value is -3.00. The van der Waals surface area contributed by atoms with Crippen LogP contribution in [0.2, 0.25) is 13.1 Å². The molecule has 2 aliphatic rings. The number of allylic oxidation sites excluding steroid dienone is 5. The number of hydrogen-bond donors (Lipinski definition) is 0. The van der Waals surface area contributed by atoms with Gasteiger partial charge in [0.25, 0.3) is 0 Å². The third-order valence-electron chi connectivity index (χ3n) is 7.43. The molecule has 0 atom stereocenters. The minimum absolute atomic E-state index is 0.390. The fourth-order valence-electron chi connectivity index (χ4n) is 5.18. The van der Waals surface area contributed by atoms with E-state index in [1.54, 1.807) is 6.07 Å². The van der Waals surface area contributed by atoms with Gasteiger partial charge in [-0.25, -0.2) is 9.37 Å². The summed E-state index contributed by atoms with van der Waals surface area (Å²) in [6, 6.07) is 20.1. The molecule has 0 N–H and O–H groups in total. The van der Waals surface area contributed by atoms with Crippen LogP contribution in [0.25, 0.3) is 5.57 Å². The van der Waals surface area contributed by atoms with Gasteiger partial charge in [-0.3, -0.25) is 0 Å². The van der Waals surface area contributed by atoms with Crippen LogP contribution >= 0.6 is 31.9 Å². The van der Waals surface area contributed by atoms with Gasteiger partial charge in [0.2, 0.25) is 0 Å². The zero-order valence-electron chi connectivity index (χ0n) is 23.0. The van der Waals surface area contributed by atoms with E-state index in [2.05, 4.69) is 119 Å². The van der Waals surface area contributed by atoms with E-state index < -0.39 is 8.07 Å². The second-order valence-corrected chi connectivity index (χ2v) is 16.9. The van der Waals surface area contributed by atoms with Gasteiger partial charge in [0.15, 0.2) is 5.71 Å². The quantitative estimate of drug-likeness (QED) is 0.131. The van der Waals surface area contributed by atoms with Crippen LogP contribution in [0.1, 0.15) is 21.5 Å². The molecule has 3 aromatic rings. The van der Waals surface area contributed by atoms with Crippen molar-refractivity contribution in [3.05, 3.63) is 115 Å². The number of carbonyl (C=O) groups excluding carboxylic acids is 1. The van der Waals surface area contributed by atoms with Crippen molar-refractivity contribution in [3.8, 4) is 5.75 Å². The molecule has 3 aromatic carbocycles. The standard InChI is InChI=1S/C32H31Br2N2O2Si/c1-35(2)23-12-14-25-29(18-23)39(5,6)30-19-24(36(3)4)13-15-26(30)31(25)20-7-9-21(10-8-20)32(37)38-28-16-11-22(33)17-27(28)34/h7-19H,1-6H3/q+1. The van der Waals surface area contributed by atoms with E-state index in [-0.39, 0.29) is 5.97 Å². The maximum Gasteiger partial charge on any atom is 0.343 e. The number of rotatable bonds is 4. The molecule has 0 amide bonds. The normalized spacial score (nSPS) is 15.4. The highest BCUT2D eigenvalue weighted by atomic mass is 79.9. The lowest BCUT2D eigenvalue weighted by Gasteiger charge is -2.38. The van der Waals surface area contributed by atoms with Crippen LogP contribution in [-0.2, 0) is 0 Å². The summed E-state index contributed by atoms with van der Waals surface area (Å²) < 4.78 is 9.46. The van der Waals surface area contributed by atoms with Crippen molar-refractivity contribution in [3.63, 3.8) is 0 Å². The molecule has 1 aliphatic carbocycles. The predicted molar refractivity (Wildman–Crippen MR) is 171 cm³/mol. The van der Waals surface area contributed by atoms with Crippen LogP contribution in [0.4, 0.5) is 5.69 Å². The molecule has 0 aromatic heterocycles. The number of anilines is 1. The first-order valence-electron chi connectivity index (χ1n) is 12.8. The minimum atomic E-state index is -2.00. The van der Waals surface area contributed by atoms with Crippen molar-refractivity contribution < 1.29 is 14.1 Å². The van der Waals surface area contributed by atoms with Gasteiger partial charge < -0.3 is 9.64 Å². The topological polar surface area (TPSA) is 32.5 Å². The number of benzene rings is 3. The number of hydrogen-bond acceptors (Lipinski definition) is 3.